The molecule has 152 valence electrons. The first kappa shape index (κ1) is 23.7. The van der Waals surface area contributed by atoms with Crippen LogP contribution in [0.15, 0.2) is 29.3 Å². The van der Waals surface area contributed by atoms with E-state index in [0.29, 0.717) is 13.1 Å². The smallest absolute Gasteiger partial charge is 0.242 e. The second-order valence-corrected chi connectivity index (χ2v) is 7.84. The van der Waals surface area contributed by atoms with Gasteiger partial charge in [-0.2, -0.15) is 0 Å². The number of aliphatic hydroxyl groups is 1. The van der Waals surface area contributed by atoms with Gasteiger partial charge in [-0.1, -0.05) is 24.3 Å². The van der Waals surface area contributed by atoms with Gasteiger partial charge in [0.2, 0.25) is 5.91 Å². The van der Waals surface area contributed by atoms with E-state index in [1.165, 1.54) is 0 Å². The highest BCUT2D eigenvalue weighted by Gasteiger charge is 2.40. The van der Waals surface area contributed by atoms with Crippen LogP contribution in [-0.2, 0) is 11.3 Å². The minimum absolute atomic E-state index is 0. The van der Waals surface area contributed by atoms with Gasteiger partial charge in [0.15, 0.2) is 5.96 Å². The first-order chi connectivity index (χ1) is 12.2. The van der Waals surface area contributed by atoms with Crippen LogP contribution in [0.5, 0.6) is 0 Å². The highest BCUT2D eigenvalue weighted by atomic mass is 127. The number of amides is 1. The number of aliphatic hydroxyl groups excluding tert-OH is 1. The minimum Gasteiger partial charge on any atom is -0.389 e. The highest BCUT2D eigenvalue weighted by Crippen LogP contribution is 2.24. The number of hydrogen-bond donors (Lipinski definition) is 2. The molecule has 1 aliphatic heterocycles. The lowest BCUT2D eigenvalue weighted by atomic mass is 9.96. The predicted octanol–water partition coefficient (Wildman–Crippen LogP) is 2.76. The molecule has 0 saturated carbocycles. The molecule has 27 heavy (non-hydrogen) atoms. The number of carbonyl (C=O) groups is 1. The zero-order chi connectivity index (χ0) is 19.5. The Hall–Kier alpha value is -1.35. The van der Waals surface area contributed by atoms with Crippen LogP contribution >= 0.6 is 24.0 Å². The fraction of sp³-hybridized carbons (Fsp3) is 0.600. The number of piperazine rings is 1. The van der Waals surface area contributed by atoms with Gasteiger partial charge in [0.1, 0.15) is 0 Å². The summed E-state index contributed by atoms with van der Waals surface area (Å²) in [5, 5.41) is 12.9. The van der Waals surface area contributed by atoms with Crippen molar-refractivity contribution in [3.8, 4) is 0 Å². The molecule has 0 aliphatic carbocycles. The van der Waals surface area contributed by atoms with Crippen molar-refractivity contribution >= 4 is 35.8 Å². The van der Waals surface area contributed by atoms with E-state index in [4.69, 9.17) is 0 Å². The summed E-state index contributed by atoms with van der Waals surface area (Å²) in [7, 11) is 1.74. The number of hydrogen-bond acceptors (Lipinski definition) is 3. The normalized spacial score (nSPS) is 18.4. The molecule has 0 aromatic heterocycles. The maximum atomic E-state index is 12.6. The molecule has 1 heterocycles. The van der Waals surface area contributed by atoms with E-state index in [1.807, 2.05) is 34.1 Å². The Morgan fingerprint density at radius 3 is 2.30 bits per heavy atom. The highest BCUT2D eigenvalue weighted by molar-refractivity contribution is 14.0. The van der Waals surface area contributed by atoms with Crippen molar-refractivity contribution in [2.24, 2.45) is 4.99 Å². The summed E-state index contributed by atoms with van der Waals surface area (Å²) >= 11 is 0. The van der Waals surface area contributed by atoms with Crippen LogP contribution in [0.3, 0.4) is 0 Å². The summed E-state index contributed by atoms with van der Waals surface area (Å²) < 4.78 is 0. The van der Waals surface area contributed by atoms with E-state index in [-0.39, 0.29) is 41.5 Å². The monoisotopic (exact) mass is 488 g/mol. The van der Waals surface area contributed by atoms with Crippen LogP contribution in [0.25, 0.3) is 0 Å². The number of benzene rings is 1. The Balaban J connectivity index is 0.00000364. The van der Waals surface area contributed by atoms with E-state index in [2.05, 4.69) is 38.0 Å². The van der Waals surface area contributed by atoms with E-state index >= 15 is 0 Å². The molecule has 0 bridgehead atoms. The summed E-state index contributed by atoms with van der Waals surface area (Å²) in [5.74, 6) is 0.856. The lowest BCUT2D eigenvalue weighted by Gasteiger charge is -2.49. The van der Waals surface area contributed by atoms with Crippen molar-refractivity contribution in [3.05, 3.63) is 35.4 Å². The largest absolute Gasteiger partial charge is 0.389 e. The van der Waals surface area contributed by atoms with E-state index < -0.39 is 6.10 Å². The number of aliphatic imine (C=N–C) groups is 1. The van der Waals surface area contributed by atoms with Crippen LogP contribution in [-0.4, -0.2) is 58.5 Å². The SMILES string of the molecule is CN=C(NCc1ccc(C(C)O)cc1)N1CC(=O)N(C(C)C)C(C)(C)C1.I. The Morgan fingerprint density at radius 2 is 1.85 bits per heavy atom. The number of halogens is 1. The van der Waals surface area contributed by atoms with Gasteiger partial charge in [0, 0.05) is 26.2 Å². The summed E-state index contributed by atoms with van der Waals surface area (Å²) in [6, 6.07) is 8.03. The minimum atomic E-state index is -0.463. The van der Waals surface area contributed by atoms with E-state index in [0.717, 1.165) is 23.6 Å². The van der Waals surface area contributed by atoms with E-state index in [9.17, 15) is 9.90 Å². The third-order valence-corrected chi connectivity index (χ3v) is 4.77. The average Bonchev–Trinajstić information content (AvgIpc) is 2.53. The number of rotatable bonds is 4. The van der Waals surface area contributed by atoms with Crippen LogP contribution in [0.2, 0.25) is 0 Å². The first-order valence-electron chi connectivity index (χ1n) is 9.20. The molecular formula is C20H33IN4O2. The lowest BCUT2D eigenvalue weighted by Crippen LogP contribution is -2.66. The molecule has 1 aromatic carbocycles. The first-order valence-corrected chi connectivity index (χ1v) is 9.20. The van der Waals surface area contributed by atoms with Gasteiger partial charge in [0.05, 0.1) is 18.2 Å². The summed E-state index contributed by atoms with van der Waals surface area (Å²) in [5.41, 5.74) is 1.75. The predicted molar refractivity (Wildman–Crippen MR) is 120 cm³/mol. The van der Waals surface area contributed by atoms with Gasteiger partial charge in [-0.25, -0.2) is 0 Å². The number of nitrogens with zero attached hydrogens (tertiary/aromatic N) is 3. The average molecular weight is 488 g/mol. The van der Waals surface area contributed by atoms with Gasteiger partial charge in [-0.3, -0.25) is 9.79 Å². The standard InChI is InChI=1S/C20H32N4O2.HI/c1-14(2)24-18(26)12-23(13-20(24,4)5)19(21-6)22-11-16-7-9-17(10-8-16)15(3)25;/h7-10,14-15,25H,11-13H2,1-6H3,(H,21,22);1H. The Labute approximate surface area is 180 Å². The second kappa shape index (κ2) is 9.73. The quantitative estimate of drug-likeness (QED) is 0.389. The Kier molecular flexibility index (Phi) is 8.53. The molecule has 0 radical (unpaired) electrons. The van der Waals surface area contributed by atoms with Crippen molar-refractivity contribution in [2.75, 3.05) is 20.1 Å². The van der Waals surface area contributed by atoms with Crippen LogP contribution in [0.4, 0.5) is 0 Å². The fourth-order valence-electron chi connectivity index (χ4n) is 3.74. The zero-order valence-corrected chi connectivity index (χ0v) is 19.5. The third-order valence-electron chi connectivity index (χ3n) is 4.77. The van der Waals surface area contributed by atoms with Crippen molar-refractivity contribution in [1.29, 1.82) is 0 Å². The molecule has 2 rings (SSSR count). The zero-order valence-electron chi connectivity index (χ0n) is 17.2. The number of nitrogens with one attached hydrogen (secondary N) is 1. The van der Waals surface area contributed by atoms with Gasteiger partial charge >= 0.3 is 0 Å². The fourth-order valence-corrected chi connectivity index (χ4v) is 3.74. The van der Waals surface area contributed by atoms with Gasteiger partial charge < -0.3 is 20.2 Å². The second-order valence-electron chi connectivity index (χ2n) is 7.84. The molecule has 1 aromatic rings. The van der Waals surface area contributed by atoms with Crippen LogP contribution < -0.4 is 5.32 Å². The molecule has 6 nitrogen and oxygen atoms in total. The molecule has 1 unspecified atom stereocenters. The summed E-state index contributed by atoms with van der Waals surface area (Å²) in [6.07, 6.45) is -0.463. The molecule has 1 amide bonds. The summed E-state index contributed by atoms with van der Waals surface area (Å²) in [6.45, 7) is 11.7. The maximum Gasteiger partial charge on any atom is 0.242 e. The molecule has 2 N–H and O–H groups in total. The number of carbonyl (C=O) groups excluding carboxylic acids is 1. The molecular weight excluding hydrogens is 455 g/mol. The van der Waals surface area contributed by atoms with Crippen molar-refractivity contribution < 1.29 is 9.90 Å². The molecule has 7 heteroatoms. The molecule has 1 aliphatic rings. The molecule has 0 spiro atoms. The Morgan fingerprint density at radius 1 is 1.26 bits per heavy atom. The van der Waals surface area contributed by atoms with Gasteiger partial charge in [-0.15, -0.1) is 24.0 Å². The van der Waals surface area contributed by atoms with Crippen LogP contribution in [0.1, 0.15) is 51.8 Å². The lowest BCUT2D eigenvalue weighted by molar-refractivity contribution is -0.145. The van der Waals surface area contributed by atoms with Crippen molar-refractivity contribution in [3.63, 3.8) is 0 Å². The van der Waals surface area contributed by atoms with E-state index in [1.54, 1.807) is 14.0 Å². The van der Waals surface area contributed by atoms with Gasteiger partial charge in [0.25, 0.3) is 0 Å². The molecule has 1 saturated heterocycles. The van der Waals surface area contributed by atoms with Crippen molar-refractivity contribution in [1.82, 2.24) is 15.1 Å². The number of guanidine groups is 1. The molecule has 1 atom stereocenters. The summed E-state index contributed by atoms with van der Waals surface area (Å²) in [4.78, 5) is 21.0. The molecule has 1 fully saturated rings. The van der Waals surface area contributed by atoms with Crippen molar-refractivity contribution in [2.45, 2.75) is 58.8 Å². The maximum absolute atomic E-state index is 12.6. The third kappa shape index (κ3) is 5.81. The van der Waals surface area contributed by atoms with Crippen LogP contribution in [0, 0.1) is 0 Å². The van der Waals surface area contributed by atoms with Gasteiger partial charge in [-0.05, 0) is 45.7 Å². The Bertz CT molecular complexity index is 656. The topological polar surface area (TPSA) is 68.2 Å².